The summed E-state index contributed by atoms with van der Waals surface area (Å²) in [7, 11) is -1.83. The zero-order valence-corrected chi connectivity index (χ0v) is 18.0. The van der Waals surface area contributed by atoms with Gasteiger partial charge in [-0.3, -0.25) is 4.79 Å². The second-order valence-electron chi connectivity index (χ2n) is 7.25. The Morgan fingerprint density at radius 1 is 1.00 bits per heavy atom. The van der Waals surface area contributed by atoms with Gasteiger partial charge in [-0.25, -0.2) is 8.42 Å². The fourth-order valence-electron chi connectivity index (χ4n) is 3.03. The number of benzene rings is 2. The van der Waals surface area contributed by atoms with Crippen LogP contribution in [0.25, 0.3) is 0 Å². The monoisotopic (exact) mass is 427 g/mol. The number of carbonyl (C=O) groups is 1. The third-order valence-electron chi connectivity index (χ3n) is 4.72. The first-order chi connectivity index (χ1) is 14.3. The Kier molecular flexibility index (Phi) is 6.62. The van der Waals surface area contributed by atoms with E-state index in [9.17, 15) is 13.2 Å². The lowest BCUT2D eigenvalue weighted by Gasteiger charge is -2.13. The molecule has 1 aromatic heterocycles. The maximum absolute atomic E-state index is 12.5. The van der Waals surface area contributed by atoms with Gasteiger partial charge >= 0.3 is 0 Å². The fourth-order valence-corrected chi connectivity index (χ4v) is 4.42. The number of hydrogen-bond acceptors (Lipinski definition) is 5. The molecule has 3 rings (SSSR count). The molecule has 0 saturated carbocycles. The lowest BCUT2D eigenvalue weighted by molar-refractivity contribution is 0.0910. The lowest BCUT2D eigenvalue weighted by atomic mass is 10.1. The third kappa shape index (κ3) is 5.73. The van der Waals surface area contributed by atoms with E-state index >= 15 is 0 Å². The van der Waals surface area contributed by atoms with Crippen molar-refractivity contribution < 1.29 is 22.4 Å². The van der Waals surface area contributed by atoms with E-state index in [4.69, 9.17) is 9.15 Å². The van der Waals surface area contributed by atoms with E-state index in [1.54, 1.807) is 19.2 Å². The molecule has 0 fully saturated rings. The molecule has 1 heterocycles. The summed E-state index contributed by atoms with van der Waals surface area (Å²) in [4.78, 5) is 12.5. The summed E-state index contributed by atoms with van der Waals surface area (Å²) >= 11 is 0. The zero-order chi connectivity index (χ0) is 21.7. The molecule has 0 aliphatic heterocycles. The maximum atomic E-state index is 12.5. The van der Waals surface area contributed by atoms with Crippen LogP contribution in [-0.2, 0) is 21.3 Å². The Balaban J connectivity index is 1.61. The van der Waals surface area contributed by atoms with Crippen molar-refractivity contribution in [2.75, 3.05) is 7.11 Å². The van der Waals surface area contributed by atoms with E-state index in [-0.39, 0.29) is 29.1 Å². The molecule has 2 aromatic carbocycles. The second kappa shape index (κ2) is 9.17. The van der Waals surface area contributed by atoms with E-state index in [0.717, 1.165) is 22.4 Å². The Labute approximate surface area is 176 Å². The number of ether oxygens (including phenoxy) is 1. The molecule has 1 N–H and O–H groups in total. The molecule has 1 amide bonds. The van der Waals surface area contributed by atoms with Gasteiger partial charge in [0, 0.05) is 0 Å². The number of carbonyl (C=O) groups excluding carboxylic acids is 1. The zero-order valence-electron chi connectivity index (χ0n) is 17.2. The Bertz CT molecular complexity index is 1100. The van der Waals surface area contributed by atoms with Gasteiger partial charge in [-0.15, -0.1) is 0 Å². The van der Waals surface area contributed by atoms with E-state index in [2.05, 4.69) is 5.32 Å². The molecule has 6 nitrogen and oxygen atoms in total. The highest BCUT2D eigenvalue weighted by atomic mass is 32.2. The van der Waals surface area contributed by atoms with Crippen molar-refractivity contribution in [2.24, 2.45) is 0 Å². The smallest absolute Gasteiger partial charge is 0.287 e. The predicted octanol–water partition coefficient (Wildman–Crippen LogP) is 4.20. The van der Waals surface area contributed by atoms with Crippen molar-refractivity contribution in [1.29, 1.82) is 0 Å². The standard InChI is InChI=1S/C23H25NO5S/c1-16-4-6-18(7-5-16)14-30(26,27)15-21-12-13-22(29-21)23(25)24-17(2)19-8-10-20(28-3)11-9-19/h4-13,17H,14-15H2,1-3H3,(H,24,25). The van der Waals surface area contributed by atoms with Crippen LogP contribution >= 0.6 is 0 Å². The molecule has 0 saturated heterocycles. The molecule has 7 heteroatoms. The van der Waals surface area contributed by atoms with Crippen molar-refractivity contribution in [2.45, 2.75) is 31.4 Å². The SMILES string of the molecule is COc1ccc(C(C)NC(=O)c2ccc(CS(=O)(=O)Cc3ccc(C)cc3)o2)cc1. The number of sulfone groups is 1. The second-order valence-corrected chi connectivity index (χ2v) is 9.32. The summed E-state index contributed by atoms with van der Waals surface area (Å²) in [5.41, 5.74) is 2.71. The maximum Gasteiger partial charge on any atom is 0.287 e. The number of furan rings is 1. The van der Waals surface area contributed by atoms with Gasteiger partial charge in [-0.2, -0.15) is 0 Å². The highest BCUT2D eigenvalue weighted by Crippen LogP contribution is 2.19. The number of aryl methyl sites for hydroxylation is 1. The Hall–Kier alpha value is -3.06. The van der Waals surface area contributed by atoms with Gasteiger partial charge in [-0.1, -0.05) is 42.0 Å². The first-order valence-electron chi connectivity index (χ1n) is 9.55. The predicted molar refractivity (Wildman–Crippen MR) is 115 cm³/mol. The van der Waals surface area contributed by atoms with E-state index in [1.165, 1.54) is 12.1 Å². The minimum Gasteiger partial charge on any atom is -0.497 e. The van der Waals surface area contributed by atoms with Crippen LogP contribution < -0.4 is 10.1 Å². The van der Waals surface area contributed by atoms with Crippen LogP contribution in [0, 0.1) is 6.92 Å². The molecule has 0 bridgehead atoms. The minimum absolute atomic E-state index is 0.0794. The summed E-state index contributed by atoms with van der Waals surface area (Å²) in [5.74, 6) is 0.312. The highest BCUT2D eigenvalue weighted by Gasteiger charge is 2.19. The molecule has 1 unspecified atom stereocenters. The fraction of sp³-hybridized carbons (Fsp3) is 0.261. The van der Waals surface area contributed by atoms with Gasteiger partial charge in [0.15, 0.2) is 15.6 Å². The highest BCUT2D eigenvalue weighted by molar-refractivity contribution is 7.89. The molecule has 0 aliphatic rings. The van der Waals surface area contributed by atoms with Crippen molar-refractivity contribution in [3.05, 3.63) is 88.9 Å². The molecule has 30 heavy (non-hydrogen) atoms. The number of rotatable bonds is 8. The van der Waals surface area contributed by atoms with E-state index in [0.29, 0.717) is 0 Å². The van der Waals surface area contributed by atoms with Crippen LogP contribution in [0.15, 0.2) is 65.1 Å². The molecule has 0 radical (unpaired) electrons. The van der Waals surface area contributed by atoms with Gasteiger partial charge in [0.2, 0.25) is 0 Å². The molecular formula is C23H25NO5S. The molecule has 0 aliphatic carbocycles. The van der Waals surface area contributed by atoms with Crippen LogP contribution in [0.3, 0.4) is 0 Å². The molecule has 0 spiro atoms. The normalized spacial score (nSPS) is 12.4. The van der Waals surface area contributed by atoms with Gasteiger partial charge < -0.3 is 14.5 Å². The average Bonchev–Trinajstić information content (AvgIpc) is 3.17. The van der Waals surface area contributed by atoms with Gasteiger partial charge in [0.1, 0.15) is 17.3 Å². The van der Waals surface area contributed by atoms with Crippen LogP contribution in [0.5, 0.6) is 5.75 Å². The number of hydrogen-bond donors (Lipinski definition) is 1. The summed E-state index contributed by atoms with van der Waals surface area (Å²) in [6.07, 6.45) is 0. The number of nitrogens with one attached hydrogen (secondary N) is 1. The van der Waals surface area contributed by atoms with Gasteiger partial charge in [0.05, 0.1) is 18.9 Å². The quantitative estimate of drug-likeness (QED) is 0.582. The minimum atomic E-state index is -3.42. The van der Waals surface area contributed by atoms with Crippen LogP contribution in [-0.4, -0.2) is 21.4 Å². The van der Waals surface area contributed by atoms with Crippen molar-refractivity contribution in [3.63, 3.8) is 0 Å². The van der Waals surface area contributed by atoms with Crippen molar-refractivity contribution in [3.8, 4) is 5.75 Å². The Morgan fingerprint density at radius 3 is 2.30 bits per heavy atom. The van der Waals surface area contributed by atoms with Crippen LogP contribution in [0.1, 0.15) is 46.0 Å². The van der Waals surface area contributed by atoms with Gasteiger partial charge in [-0.05, 0) is 49.2 Å². The first kappa shape index (κ1) is 21.6. The summed E-state index contributed by atoms with van der Waals surface area (Å²) in [6, 6.07) is 17.5. The van der Waals surface area contributed by atoms with Crippen molar-refractivity contribution >= 4 is 15.7 Å². The van der Waals surface area contributed by atoms with Crippen LogP contribution in [0.2, 0.25) is 0 Å². The number of methoxy groups -OCH3 is 1. The average molecular weight is 428 g/mol. The Morgan fingerprint density at radius 2 is 1.67 bits per heavy atom. The topological polar surface area (TPSA) is 85.6 Å². The summed E-state index contributed by atoms with van der Waals surface area (Å²) in [5, 5.41) is 2.85. The number of amides is 1. The van der Waals surface area contributed by atoms with Gasteiger partial charge in [0.25, 0.3) is 5.91 Å². The van der Waals surface area contributed by atoms with Crippen molar-refractivity contribution in [1.82, 2.24) is 5.32 Å². The lowest BCUT2D eigenvalue weighted by Crippen LogP contribution is -2.26. The molecule has 158 valence electrons. The molecular weight excluding hydrogens is 402 g/mol. The third-order valence-corrected chi connectivity index (χ3v) is 6.22. The first-order valence-corrected chi connectivity index (χ1v) is 11.4. The summed E-state index contributed by atoms with van der Waals surface area (Å²) in [6.45, 7) is 3.80. The molecule has 3 aromatic rings. The van der Waals surface area contributed by atoms with E-state index < -0.39 is 15.7 Å². The largest absolute Gasteiger partial charge is 0.497 e. The molecule has 1 atom stereocenters. The van der Waals surface area contributed by atoms with E-state index in [1.807, 2.05) is 50.2 Å². The van der Waals surface area contributed by atoms with Crippen LogP contribution in [0.4, 0.5) is 0 Å². The summed E-state index contributed by atoms with van der Waals surface area (Å²) < 4.78 is 35.6.